The molecule has 0 saturated carbocycles. The molecule has 1 aromatic carbocycles. The number of nitrogens with one attached hydrogen (secondary N) is 1. The molecule has 2 amide bonds. The van der Waals surface area contributed by atoms with Crippen LogP contribution < -0.4 is 5.32 Å². The van der Waals surface area contributed by atoms with Gasteiger partial charge in [0.1, 0.15) is 6.61 Å². The highest BCUT2D eigenvalue weighted by Crippen LogP contribution is 2.36. The second kappa shape index (κ2) is 9.36. The van der Waals surface area contributed by atoms with E-state index in [-0.39, 0.29) is 12.6 Å². The zero-order valence-corrected chi connectivity index (χ0v) is 18.0. The molecule has 0 spiro atoms. The molecule has 0 fully saturated rings. The number of allylic oxidation sites excluding steroid dienone is 1. The Kier molecular flexibility index (Phi) is 6.88. The number of benzene rings is 1. The van der Waals surface area contributed by atoms with Crippen molar-refractivity contribution in [3.63, 3.8) is 0 Å². The van der Waals surface area contributed by atoms with Crippen LogP contribution in [0.4, 0.5) is 4.79 Å². The fraction of sp³-hybridized carbons (Fsp3) is 0.300. The van der Waals surface area contributed by atoms with Crippen molar-refractivity contribution in [3.8, 4) is 0 Å². The number of amides is 2. The molecule has 1 unspecified atom stereocenters. The van der Waals surface area contributed by atoms with Crippen LogP contribution in [0.3, 0.4) is 0 Å². The Hall–Kier alpha value is -2.16. The molecule has 28 heavy (non-hydrogen) atoms. The summed E-state index contributed by atoms with van der Waals surface area (Å²) in [4.78, 5) is 28.1. The average Bonchev–Trinajstić information content (AvgIpc) is 3.12. The monoisotopic (exact) mass is 464 g/mol. The van der Waals surface area contributed by atoms with Gasteiger partial charge >= 0.3 is 12.0 Å². The van der Waals surface area contributed by atoms with E-state index in [0.29, 0.717) is 24.4 Å². The maximum atomic E-state index is 12.9. The third-order valence-corrected chi connectivity index (χ3v) is 6.09. The third-order valence-electron chi connectivity index (χ3n) is 4.40. The van der Waals surface area contributed by atoms with E-state index in [1.165, 1.54) is 11.3 Å². The number of esters is 1. The van der Waals surface area contributed by atoms with Gasteiger partial charge in [-0.15, -0.1) is 11.3 Å². The topological polar surface area (TPSA) is 67.9 Å². The minimum Gasteiger partial charge on any atom is -0.460 e. The van der Waals surface area contributed by atoms with E-state index >= 15 is 0 Å². The Labute approximate surface area is 176 Å². The van der Waals surface area contributed by atoms with Crippen molar-refractivity contribution in [2.24, 2.45) is 0 Å². The van der Waals surface area contributed by atoms with Crippen LogP contribution in [-0.4, -0.2) is 37.2 Å². The van der Waals surface area contributed by atoms with Crippen LogP contribution in [0.25, 0.3) is 0 Å². The highest BCUT2D eigenvalue weighted by Gasteiger charge is 2.37. The maximum absolute atomic E-state index is 12.9. The van der Waals surface area contributed by atoms with Gasteiger partial charge in [-0.2, -0.15) is 0 Å². The summed E-state index contributed by atoms with van der Waals surface area (Å²) in [7, 11) is 1.55. The van der Waals surface area contributed by atoms with E-state index in [1.54, 1.807) is 18.9 Å². The van der Waals surface area contributed by atoms with Gasteiger partial charge in [-0.3, -0.25) is 4.90 Å². The molecule has 1 aliphatic rings. The highest BCUT2D eigenvalue weighted by molar-refractivity contribution is 9.11. The van der Waals surface area contributed by atoms with Gasteiger partial charge in [0.2, 0.25) is 0 Å². The largest absolute Gasteiger partial charge is 0.460 e. The molecule has 1 atom stereocenters. The predicted octanol–water partition coefficient (Wildman–Crippen LogP) is 4.24. The molecule has 1 N–H and O–H groups in total. The number of ether oxygens (including phenoxy) is 2. The van der Waals surface area contributed by atoms with Gasteiger partial charge < -0.3 is 14.8 Å². The zero-order valence-electron chi connectivity index (χ0n) is 15.6. The van der Waals surface area contributed by atoms with Crippen LogP contribution in [0.2, 0.25) is 0 Å². The van der Waals surface area contributed by atoms with E-state index in [9.17, 15) is 9.59 Å². The number of carbonyl (C=O) groups is 2. The number of rotatable bonds is 7. The Balaban J connectivity index is 1.95. The lowest BCUT2D eigenvalue weighted by Gasteiger charge is -2.35. The fourth-order valence-electron chi connectivity index (χ4n) is 2.99. The van der Waals surface area contributed by atoms with Gasteiger partial charge in [0, 0.05) is 17.7 Å². The second-order valence-corrected chi connectivity index (χ2v) is 8.72. The molecular weight excluding hydrogens is 444 g/mol. The van der Waals surface area contributed by atoms with E-state index in [4.69, 9.17) is 9.47 Å². The van der Waals surface area contributed by atoms with Crippen molar-refractivity contribution >= 4 is 39.3 Å². The first-order valence-electron chi connectivity index (χ1n) is 8.75. The molecule has 0 bridgehead atoms. The van der Waals surface area contributed by atoms with E-state index in [2.05, 4.69) is 21.2 Å². The first-order chi connectivity index (χ1) is 13.5. The van der Waals surface area contributed by atoms with E-state index in [1.807, 2.05) is 42.5 Å². The molecular formula is C20H21BrN2O4S. The van der Waals surface area contributed by atoms with Crippen molar-refractivity contribution in [3.05, 3.63) is 68.0 Å². The van der Waals surface area contributed by atoms with Crippen LogP contribution in [-0.2, 0) is 20.8 Å². The molecule has 0 saturated heterocycles. The smallest absolute Gasteiger partial charge is 0.338 e. The molecule has 0 radical (unpaired) electrons. The van der Waals surface area contributed by atoms with Crippen LogP contribution >= 0.6 is 27.3 Å². The fourth-order valence-corrected chi connectivity index (χ4v) is 4.48. The summed E-state index contributed by atoms with van der Waals surface area (Å²) in [5, 5.41) is 2.95. The minimum absolute atomic E-state index is 0.152. The Morgan fingerprint density at radius 3 is 2.61 bits per heavy atom. The van der Waals surface area contributed by atoms with E-state index in [0.717, 1.165) is 14.2 Å². The zero-order chi connectivity index (χ0) is 20.1. The van der Waals surface area contributed by atoms with Crippen molar-refractivity contribution in [2.45, 2.75) is 19.5 Å². The number of carbonyl (C=O) groups excluding carboxylic acids is 2. The molecule has 6 nitrogen and oxygen atoms in total. The molecule has 2 heterocycles. The first-order valence-corrected chi connectivity index (χ1v) is 10.4. The standard InChI is InChI=1S/C20H21BrN2O4S/c1-13-17(19(24)27-11-10-26-2)18(15-8-9-16(21)28-15)22-20(25)23(13)12-14-6-4-3-5-7-14/h3-9,18H,10-12H2,1-2H3,(H,22,25). The van der Waals surface area contributed by atoms with Gasteiger partial charge in [-0.1, -0.05) is 30.3 Å². The SMILES string of the molecule is COCCOC(=O)C1=C(C)N(Cc2ccccc2)C(=O)NC1c1ccc(Br)s1. The summed E-state index contributed by atoms with van der Waals surface area (Å²) in [6.45, 7) is 2.62. The first kappa shape index (κ1) is 20.6. The molecule has 3 rings (SSSR count). The summed E-state index contributed by atoms with van der Waals surface area (Å²) < 4.78 is 11.3. The van der Waals surface area contributed by atoms with Gasteiger partial charge in [-0.25, -0.2) is 9.59 Å². The number of methoxy groups -OCH3 is 1. The van der Waals surface area contributed by atoms with Gasteiger partial charge in [0.05, 0.1) is 28.6 Å². The Bertz CT molecular complexity index is 881. The van der Waals surface area contributed by atoms with Crippen LogP contribution in [0.1, 0.15) is 23.4 Å². The normalized spacial score (nSPS) is 16.9. The van der Waals surface area contributed by atoms with Crippen LogP contribution in [0, 0.1) is 0 Å². The van der Waals surface area contributed by atoms with Gasteiger partial charge in [0.25, 0.3) is 0 Å². The average molecular weight is 465 g/mol. The quantitative estimate of drug-likeness (QED) is 0.491. The second-order valence-electron chi connectivity index (χ2n) is 6.22. The lowest BCUT2D eigenvalue weighted by atomic mass is 10.00. The molecule has 2 aromatic rings. The Morgan fingerprint density at radius 2 is 1.96 bits per heavy atom. The third kappa shape index (κ3) is 4.63. The van der Waals surface area contributed by atoms with Gasteiger partial charge in [0.15, 0.2) is 0 Å². The highest BCUT2D eigenvalue weighted by atomic mass is 79.9. The summed E-state index contributed by atoms with van der Waals surface area (Å²) in [6.07, 6.45) is 0. The van der Waals surface area contributed by atoms with Crippen LogP contribution in [0.5, 0.6) is 0 Å². The minimum atomic E-state index is -0.550. The lowest BCUT2D eigenvalue weighted by molar-refractivity contribution is -0.140. The van der Waals surface area contributed by atoms with Crippen LogP contribution in [0.15, 0.2) is 57.5 Å². The number of thiophene rings is 1. The summed E-state index contributed by atoms with van der Waals surface area (Å²) >= 11 is 4.91. The van der Waals surface area contributed by atoms with Crippen molar-refractivity contribution in [1.29, 1.82) is 0 Å². The summed E-state index contributed by atoms with van der Waals surface area (Å²) in [5.74, 6) is -0.456. The number of nitrogens with zero attached hydrogens (tertiary/aromatic N) is 1. The predicted molar refractivity (Wildman–Crippen MR) is 111 cm³/mol. The van der Waals surface area contributed by atoms with Crippen molar-refractivity contribution < 1.29 is 19.1 Å². The molecule has 0 aliphatic carbocycles. The van der Waals surface area contributed by atoms with Crippen molar-refractivity contribution in [1.82, 2.24) is 10.2 Å². The number of hydrogen-bond donors (Lipinski definition) is 1. The summed E-state index contributed by atoms with van der Waals surface area (Å²) in [6, 6.07) is 12.6. The summed E-state index contributed by atoms with van der Waals surface area (Å²) in [5.41, 5.74) is 1.99. The van der Waals surface area contributed by atoms with E-state index < -0.39 is 12.0 Å². The molecule has 1 aliphatic heterocycles. The Morgan fingerprint density at radius 1 is 1.21 bits per heavy atom. The molecule has 8 heteroatoms. The molecule has 148 valence electrons. The number of halogens is 1. The van der Waals surface area contributed by atoms with Gasteiger partial charge in [-0.05, 0) is 40.5 Å². The van der Waals surface area contributed by atoms with Crippen molar-refractivity contribution in [2.75, 3.05) is 20.3 Å². The lowest BCUT2D eigenvalue weighted by Crippen LogP contribution is -2.47. The number of urea groups is 1. The number of hydrogen-bond acceptors (Lipinski definition) is 5. The molecule has 1 aromatic heterocycles. The maximum Gasteiger partial charge on any atom is 0.338 e.